The summed E-state index contributed by atoms with van der Waals surface area (Å²) in [5.74, 6) is -2.81. The SMILES string of the molecule is O=C1OC(=O)c2c1cccc2-c1ccc2c(c1)C(=O)N(c1cc(-n3c4c(c5ccccc53)CCCC4)ccc1O)C2=O. The third-order valence-corrected chi connectivity index (χ3v) is 8.51. The first-order valence-corrected chi connectivity index (χ1v) is 13.8. The Balaban J connectivity index is 1.23. The molecule has 1 aliphatic carbocycles. The maximum absolute atomic E-state index is 13.8. The number of phenolic OH excluding ortho intramolecular Hbond substituents is 1. The van der Waals surface area contributed by atoms with E-state index in [0.29, 0.717) is 11.1 Å². The van der Waals surface area contributed by atoms with Crippen LogP contribution in [0.15, 0.2) is 78.9 Å². The first-order valence-electron chi connectivity index (χ1n) is 13.8. The van der Waals surface area contributed by atoms with Gasteiger partial charge in [-0.3, -0.25) is 9.59 Å². The second kappa shape index (κ2) is 8.75. The molecule has 8 nitrogen and oxygen atoms in total. The highest BCUT2D eigenvalue weighted by Gasteiger charge is 2.39. The lowest BCUT2D eigenvalue weighted by atomic mass is 9.94. The minimum atomic E-state index is -0.753. The number of rotatable bonds is 3. The lowest BCUT2D eigenvalue weighted by Crippen LogP contribution is -2.29. The Labute approximate surface area is 239 Å². The number of anilines is 1. The molecule has 42 heavy (non-hydrogen) atoms. The van der Waals surface area contributed by atoms with Gasteiger partial charge in [-0.25, -0.2) is 14.5 Å². The summed E-state index contributed by atoms with van der Waals surface area (Å²) in [7, 11) is 0. The van der Waals surface area contributed by atoms with Crippen LogP contribution < -0.4 is 4.90 Å². The number of imide groups is 1. The predicted octanol–water partition coefficient (Wildman–Crippen LogP) is 5.99. The molecule has 0 atom stereocenters. The fourth-order valence-electron chi connectivity index (χ4n) is 6.62. The third kappa shape index (κ3) is 3.29. The number of amides is 2. The second-order valence-electron chi connectivity index (χ2n) is 10.8. The first kappa shape index (κ1) is 24.3. The van der Waals surface area contributed by atoms with Gasteiger partial charge in [-0.1, -0.05) is 36.4 Å². The Bertz CT molecular complexity index is 2070. The van der Waals surface area contributed by atoms with Crippen molar-refractivity contribution < 1.29 is 29.0 Å². The van der Waals surface area contributed by atoms with Crippen LogP contribution in [0.2, 0.25) is 0 Å². The number of hydrogen-bond donors (Lipinski definition) is 1. The van der Waals surface area contributed by atoms with E-state index < -0.39 is 23.8 Å². The van der Waals surface area contributed by atoms with Crippen molar-refractivity contribution >= 4 is 40.3 Å². The van der Waals surface area contributed by atoms with Gasteiger partial charge < -0.3 is 14.4 Å². The number of ether oxygens (including phenoxy) is 1. The van der Waals surface area contributed by atoms with Crippen molar-refractivity contribution in [2.24, 2.45) is 0 Å². The average Bonchev–Trinajstić information content (AvgIpc) is 3.59. The zero-order chi connectivity index (χ0) is 28.7. The number of benzene rings is 4. The van der Waals surface area contributed by atoms with Crippen molar-refractivity contribution in [3.05, 3.63) is 112 Å². The van der Waals surface area contributed by atoms with E-state index in [2.05, 4.69) is 16.7 Å². The monoisotopic (exact) mass is 554 g/mol. The zero-order valence-corrected chi connectivity index (χ0v) is 22.2. The molecule has 8 rings (SSSR count). The first-order chi connectivity index (χ1) is 20.4. The van der Waals surface area contributed by atoms with E-state index in [-0.39, 0.29) is 33.7 Å². The van der Waals surface area contributed by atoms with Crippen LogP contribution in [0.1, 0.15) is 65.5 Å². The lowest BCUT2D eigenvalue weighted by Gasteiger charge is -2.20. The van der Waals surface area contributed by atoms with E-state index in [1.807, 2.05) is 12.1 Å². The van der Waals surface area contributed by atoms with Crippen LogP contribution in [-0.2, 0) is 17.6 Å². The molecule has 0 fully saturated rings. The van der Waals surface area contributed by atoms with Gasteiger partial charge in [0.1, 0.15) is 5.75 Å². The molecule has 0 unspecified atom stereocenters. The Morgan fingerprint density at radius 2 is 1.48 bits per heavy atom. The van der Waals surface area contributed by atoms with Crippen LogP contribution in [0.5, 0.6) is 5.75 Å². The number of para-hydroxylation sites is 1. The highest BCUT2D eigenvalue weighted by molar-refractivity contribution is 6.35. The Morgan fingerprint density at radius 3 is 2.36 bits per heavy atom. The molecule has 0 spiro atoms. The number of fused-ring (bicyclic) bond motifs is 5. The van der Waals surface area contributed by atoms with Gasteiger partial charge in [0.05, 0.1) is 33.5 Å². The Morgan fingerprint density at radius 1 is 0.690 bits per heavy atom. The maximum atomic E-state index is 13.8. The molecule has 3 aliphatic rings. The minimum Gasteiger partial charge on any atom is -0.506 e. The van der Waals surface area contributed by atoms with Crippen LogP contribution in [0.25, 0.3) is 27.7 Å². The van der Waals surface area contributed by atoms with E-state index in [0.717, 1.165) is 41.8 Å². The van der Waals surface area contributed by atoms with Crippen molar-refractivity contribution in [3.8, 4) is 22.6 Å². The minimum absolute atomic E-state index is 0.0948. The number of phenols is 1. The van der Waals surface area contributed by atoms with Crippen LogP contribution in [0.4, 0.5) is 5.69 Å². The molecule has 1 aromatic heterocycles. The number of nitrogens with zero attached hydrogens (tertiary/aromatic N) is 2. The predicted molar refractivity (Wildman–Crippen MR) is 154 cm³/mol. The fraction of sp³-hybridized carbons (Fsp3) is 0.118. The molecule has 204 valence electrons. The van der Waals surface area contributed by atoms with Crippen LogP contribution in [0.3, 0.4) is 0 Å². The van der Waals surface area contributed by atoms with Gasteiger partial charge in [-0.2, -0.15) is 0 Å². The van der Waals surface area contributed by atoms with E-state index in [4.69, 9.17) is 4.74 Å². The van der Waals surface area contributed by atoms with Crippen molar-refractivity contribution in [3.63, 3.8) is 0 Å². The lowest BCUT2D eigenvalue weighted by molar-refractivity contribution is 0.0443. The Hall–Kier alpha value is -5.50. The van der Waals surface area contributed by atoms with Crippen molar-refractivity contribution in [2.45, 2.75) is 25.7 Å². The highest BCUT2D eigenvalue weighted by atomic mass is 16.6. The molecule has 0 saturated heterocycles. The molecule has 0 saturated carbocycles. The van der Waals surface area contributed by atoms with Crippen molar-refractivity contribution in [1.82, 2.24) is 4.57 Å². The number of carbonyl (C=O) groups is 4. The molecule has 5 aromatic rings. The smallest absolute Gasteiger partial charge is 0.347 e. The number of aromatic hydroxyl groups is 1. The summed E-state index contributed by atoms with van der Waals surface area (Å²) < 4.78 is 6.95. The van der Waals surface area contributed by atoms with Gasteiger partial charge >= 0.3 is 11.9 Å². The topological polar surface area (TPSA) is 106 Å². The molecule has 1 N–H and O–H groups in total. The summed E-state index contributed by atoms with van der Waals surface area (Å²) in [6, 6.07) is 22.7. The molecule has 0 bridgehead atoms. The van der Waals surface area contributed by atoms with E-state index in [1.54, 1.807) is 30.3 Å². The quantitative estimate of drug-likeness (QED) is 0.167. The van der Waals surface area contributed by atoms with E-state index >= 15 is 0 Å². The second-order valence-corrected chi connectivity index (χ2v) is 10.8. The van der Waals surface area contributed by atoms with Crippen molar-refractivity contribution in [2.75, 3.05) is 4.90 Å². The molecular formula is C34H22N2O6. The third-order valence-electron chi connectivity index (χ3n) is 8.51. The van der Waals surface area contributed by atoms with E-state index in [1.165, 1.54) is 40.9 Å². The zero-order valence-electron chi connectivity index (χ0n) is 22.2. The summed E-state index contributed by atoms with van der Waals surface area (Å²) in [6.07, 6.45) is 4.11. The highest BCUT2D eigenvalue weighted by Crippen LogP contribution is 2.41. The van der Waals surface area contributed by atoms with E-state index in [9.17, 15) is 24.3 Å². The largest absolute Gasteiger partial charge is 0.506 e. The summed E-state index contributed by atoms with van der Waals surface area (Å²) in [6.45, 7) is 0. The van der Waals surface area contributed by atoms with Crippen LogP contribution >= 0.6 is 0 Å². The van der Waals surface area contributed by atoms with Gasteiger partial charge in [-0.15, -0.1) is 0 Å². The molecule has 8 heteroatoms. The van der Waals surface area contributed by atoms with Gasteiger partial charge in [0.25, 0.3) is 11.8 Å². The molecule has 0 radical (unpaired) electrons. The number of esters is 2. The summed E-state index contributed by atoms with van der Waals surface area (Å²) in [5, 5.41) is 12.1. The number of hydrogen-bond acceptors (Lipinski definition) is 6. The van der Waals surface area contributed by atoms with Gasteiger partial charge in [0.15, 0.2) is 0 Å². The van der Waals surface area contributed by atoms with Gasteiger partial charge in [0.2, 0.25) is 0 Å². The number of carbonyl (C=O) groups excluding carboxylic acids is 4. The number of cyclic esters (lactones) is 2. The van der Waals surface area contributed by atoms with Crippen LogP contribution in [-0.4, -0.2) is 33.4 Å². The van der Waals surface area contributed by atoms with Gasteiger partial charge in [-0.05, 0) is 84.8 Å². The Kier molecular flexibility index (Phi) is 5.06. The van der Waals surface area contributed by atoms with Crippen LogP contribution in [0, 0.1) is 0 Å². The normalized spacial score (nSPS) is 15.7. The number of aromatic nitrogens is 1. The number of aryl methyl sites for hydroxylation is 1. The molecule has 4 aromatic carbocycles. The fourth-order valence-corrected chi connectivity index (χ4v) is 6.62. The standard InChI is InChI=1S/C34H22N2O6/c37-29-15-13-19(35-26-10-3-1-6-21(26)22-7-2-4-11-27(22)35)17-28(29)36-31(38)23-14-12-18(16-25(23)32(36)39)20-8-5-9-24-30(20)34(41)42-33(24)40/h1,3,5-6,8-10,12-17,37H,2,4,7,11H2. The summed E-state index contributed by atoms with van der Waals surface area (Å²) in [5.41, 5.74) is 5.94. The summed E-state index contributed by atoms with van der Waals surface area (Å²) >= 11 is 0. The molecular weight excluding hydrogens is 532 g/mol. The molecule has 2 aliphatic heterocycles. The average molecular weight is 555 g/mol. The molecule has 3 heterocycles. The van der Waals surface area contributed by atoms with Gasteiger partial charge in [0, 0.05) is 16.8 Å². The summed E-state index contributed by atoms with van der Waals surface area (Å²) in [4.78, 5) is 52.8. The maximum Gasteiger partial charge on any atom is 0.347 e. The molecule has 2 amide bonds. The van der Waals surface area contributed by atoms with Crippen molar-refractivity contribution in [1.29, 1.82) is 0 Å².